The van der Waals surface area contributed by atoms with Gasteiger partial charge in [0.1, 0.15) is 11.6 Å². The van der Waals surface area contributed by atoms with Crippen LogP contribution >= 0.6 is 0 Å². The van der Waals surface area contributed by atoms with Gasteiger partial charge in [0.2, 0.25) is 0 Å². The number of benzene rings is 1. The second kappa shape index (κ2) is 3.65. The van der Waals surface area contributed by atoms with Crippen LogP contribution in [0.4, 0.5) is 4.39 Å². The van der Waals surface area contributed by atoms with Gasteiger partial charge in [-0.2, -0.15) is 0 Å². The fraction of sp³-hybridized carbons (Fsp3) is 0.0909. The number of nitrogens with zero attached hydrogens (tertiary/aromatic N) is 1. The number of aliphatic hydroxyl groups excluding tert-OH is 1. The molecule has 76 valence electrons. The van der Waals surface area contributed by atoms with Gasteiger partial charge < -0.3 is 5.11 Å². The molecule has 0 bridgehead atoms. The molecule has 1 aliphatic heterocycles. The van der Waals surface area contributed by atoms with Crippen LogP contribution in [0.5, 0.6) is 0 Å². The predicted molar refractivity (Wildman–Crippen MR) is 53.3 cm³/mol. The van der Waals surface area contributed by atoms with Crippen LogP contribution < -0.4 is 0 Å². The van der Waals surface area contributed by atoms with Crippen molar-refractivity contribution in [3.63, 3.8) is 0 Å². The Hall–Kier alpha value is -1.97. The van der Waals surface area contributed by atoms with Crippen LogP contribution in [0.1, 0.15) is 5.56 Å². The molecule has 1 heterocycles. The van der Waals surface area contributed by atoms with Crippen LogP contribution in [0.15, 0.2) is 41.1 Å². The van der Waals surface area contributed by atoms with E-state index >= 15 is 0 Å². The van der Waals surface area contributed by atoms with Gasteiger partial charge in [0.15, 0.2) is 0 Å². The number of allylic oxidation sites excluding steroid dienone is 1. The minimum Gasteiger partial charge on any atom is -0.506 e. The van der Waals surface area contributed by atoms with Crippen molar-refractivity contribution in [1.82, 2.24) is 0 Å². The van der Waals surface area contributed by atoms with Crippen LogP contribution in [0.3, 0.4) is 0 Å². The Morgan fingerprint density at radius 3 is 2.47 bits per heavy atom. The number of carbonyl (C=O) groups is 1. The standard InChI is InChI=1S/C11H8FNO2/c12-8-3-1-7(2-4-8)5-9-10(14)6-11(15)13-9/h1-4,6,14H,5H2. The van der Waals surface area contributed by atoms with Gasteiger partial charge >= 0.3 is 0 Å². The van der Waals surface area contributed by atoms with Crippen molar-refractivity contribution in [2.45, 2.75) is 6.42 Å². The highest BCUT2D eigenvalue weighted by Gasteiger charge is 2.16. The van der Waals surface area contributed by atoms with Crippen molar-refractivity contribution >= 4 is 11.6 Å². The lowest BCUT2D eigenvalue weighted by atomic mass is 10.1. The zero-order valence-electron chi connectivity index (χ0n) is 7.77. The third-order valence-electron chi connectivity index (χ3n) is 2.09. The lowest BCUT2D eigenvalue weighted by molar-refractivity contribution is -0.113. The Labute approximate surface area is 85.6 Å². The van der Waals surface area contributed by atoms with Gasteiger partial charge in [0.25, 0.3) is 5.91 Å². The van der Waals surface area contributed by atoms with Crippen molar-refractivity contribution in [3.05, 3.63) is 47.5 Å². The van der Waals surface area contributed by atoms with E-state index in [1.807, 2.05) is 0 Å². The van der Waals surface area contributed by atoms with Gasteiger partial charge in [-0.25, -0.2) is 9.38 Å². The van der Waals surface area contributed by atoms with Gasteiger partial charge in [0, 0.05) is 12.5 Å². The van der Waals surface area contributed by atoms with Crippen molar-refractivity contribution in [1.29, 1.82) is 0 Å². The minimum atomic E-state index is -0.454. The Kier molecular flexibility index (Phi) is 2.33. The van der Waals surface area contributed by atoms with Crippen molar-refractivity contribution < 1.29 is 14.3 Å². The number of rotatable bonds is 2. The third-order valence-corrected chi connectivity index (χ3v) is 2.09. The van der Waals surface area contributed by atoms with E-state index in [2.05, 4.69) is 4.99 Å². The maximum absolute atomic E-state index is 12.6. The fourth-order valence-corrected chi connectivity index (χ4v) is 1.35. The molecule has 1 amide bonds. The number of carbonyl (C=O) groups excluding carboxylic acids is 1. The van der Waals surface area contributed by atoms with Gasteiger partial charge in [0.05, 0.1) is 5.71 Å². The molecule has 0 spiro atoms. The number of amides is 1. The van der Waals surface area contributed by atoms with Crippen LogP contribution in [0, 0.1) is 5.82 Å². The fourth-order valence-electron chi connectivity index (χ4n) is 1.35. The van der Waals surface area contributed by atoms with E-state index in [0.717, 1.165) is 11.6 Å². The average molecular weight is 205 g/mol. The smallest absolute Gasteiger partial charge is 0.273 e. The summed E-state index contributed by atoms with van der Waals surface area (Å²) in [7, 11) is 0. The van der Waals surface area contributed by atoms with E-state index in [4.69, 9.17) is 0 Å². The first-order valence-electron chi connectivity index (χ1n) is 4.42. The monoisotopic (exact) mass is 205 g/mol. The number of aliphatic imine (C=N–C) groups is 1. The van der Waals surface area contributed by atoms with Crippen molar-refractivity contribution in [2.24, 2.45) is 4.99 Å². The molecule has 3 nitrogen and oxygen atoms in total. The van der Waals surface area contributed by atoms with Crippen molar-refractivity contribution in [3.8, 4) is 0 Å². The van der Waals surface area contributed by atoms with E-state index in [0.29, 0.717) is 12.1 Å². The van der Waals surface area contributed by atoms with Crippen LogP contribution in [0.2, 0.25) is 0 Å². The van der Waals surface area contributed by atoms with E-state index in [1.54, 1.807) is 12.1 Å². The first kappa shape index (κ1) is 9.58. The molecule has 0 unspecified atom stereocenters. The van der Waals surface area contributed by atoms with E-state index in [1.165, 1.54) is 12.1 Å². The highest BCUT2D eigenvalue weighted by Crippen LogP contribution is 2.11. The second-order valence-electron chi connectivity index (χ2n) is 3.23. The molecule has 0 fully saturated rings. The maximum atomic E-state index is 12.6. The van der Waals surface area contributed by atoms with E-state index in [-0.39, 0.29) is 11.6 Å². The molecule has 1 aromatic rings. The normalized spacial score (nSPS) is 15.1. The Morgan fingerprint density at radius 1 is 1.27 bits per heavy atom. The summed E-state index contributed by atoms with van der Waals surface area (Å²) in [5.74, 6) is -0.878. The number of hydrogen-bond donors (Lipinski definition) is 1. The first-order valence-corrected chi connectivity index (χ1v) is 4.42. The summed E-state index contributed by atoms with van der Waals surface area (Å²) in [4.78, 5) is 14.5. The van der Waals surface area contributed by atoms with Gasteiger partial charge in [-0.15, -0.1) is 0 Å². The van der Waals surface area contributed by atoms with Gasteiger partial charge in [-0.05, 0) is 17.7 Å². The largest absolute Gasteiger partial charge is 0.506 e. The second-order valence-corrected chi connectivity index (χ2v) is 3.23. The maximum Gasteiger partial charge on any atom is 0.273 e. The minimum absolute atomic E-state index is 0.107. The van der Waals surface area contributed by atoms with Crippen LogP contribution in [-0.2, 0) is 11.2 Å². The third kappa shape index (κ3) is 2.10. The number of aliphatic hydroxyl groups is 1. The molecule has 1 aliphatic rings. The summed E-state index contributed by atoms with van der Waals surface area (Å²) in [6.45, 7) is 0. The predicted octanol–water partition coefficient (Wildman–Crippen LogP) is 1.79. The quantitative estimate of drug-likeness (QED) is 0.800. The molecule has 0 radical (unpaired) electrons. The topological polar surface area (TPSA) is 49.7 Å². The summed E-state index contributed by atoms with van der Waals surface area (Å²) < 4.78 is 12.6. The molecule has 0 aromatic heterocycles. The van der Waals surface area contributed by atoms with Gasteiger partial charge in [-0.3, -0.25) is 4.79 Å². The molecule has 15 heavy (non-hydrogen) atoms. The molecule has 1 N–H and O–H groups in total. The molecule has 1 aromatic carbocycles. The summed E-state index contributed by atoms with van der Waals surface area (Å²) in [6.07, 6.45) is 1.40. The number of hydrogen-bond acceptors (Lipinski definition) is 2. The molecule has 0 saturated heterocycles. The summed E-state index contributed by atoms with van der Waals surface area (Å²) in [5.41, 5.74) is 1.12. The lowest BCUT2D eigenvalue weighted by Gasteiger charge is -2.00. The Balaban J connectivity index is 2.17. The van der Waals surface area contributed by atoms with Gasteiger partial charge in [-0.1, -0.05) is 12.1 Å². The highest BCUT2D eigenvalue weighted by molar-refractivity contribution is 6.15. The van der Waals surface area contributed by atoms with Crippen molar-refractivity contribution in [2.75, 3.05) is 0 Å². The SMILES string of the molecule is O=C1C=C(O)C(Cc2ccc(F)cc2)=N1. The lowest BCUT2D eigenvalue weighted by Crippen LogP contribution is -2.03. The molecule has 0 atom stereocenters. The molecule has 0 saturated carbocycles. The Morgan fingerprint density at radius 2 is 1.93 bits per heavy atom. The zero-order valence-corrected chi connectivity index (χ0v) is 7.77. The molecule has 2 rings (SSSR count). The zero-order chi connectivity index (χ0) is 10.8. The van der Waals surface area contributed by atoms with E-state index in [9.17, 15) is 14.3 Å². The van der Waals surface area contributed by atoms with Crippen LogP contribution in [-0.4, -0.2) is 16.7 Å². The summed E-state index contributed by atoms with van der Waals surface area (Å²) >= 11 is 0. The average Bonchev–Trinajstić information content (AvgIpc) is 2.49. The summed E-state index contributed by atoms with van der Waals surface area (Å²) in [5, 5.41) is 9.31. The molecule has 4 heteroatoms. The first-order chi connectivity index (χ1) is 7.15. The molecule has 0 aliphatic carbocycles. The summed E-state index contributed by atoms with van der Waals surface area (Å²) in [6, 6.07) is 5.84. The van der Waals surface area contributed by atoms with Crippen LogP contribution in [0.25, 0.3) is 0 Å². The number of halogens is 1. The highest BCUT2D eigenvalue weighted by atomic mass is 19.1. The Bertz CT molecular complexity index is 460. The van der Waals surface area contributed by atoms with E-state index < -0.39 is 5.91 Å². The molecular formula is C11H8FNO2. The molecular weight excluding hydrogens is 197 g/mol.